The van der Waals surface area contributed by atoms with Gasteiger partial charge in [-0.3, -0.25) is 0 Å². The van der Waals surface area contributed by atoms with Crippen molar-refractivity contribution in [2.45, 2.75) is 38.5 Å². The summed E-state index contributed by atoms with van der Waals surface area (Å²) in [5.41, 5.74) is 10.1. The van der Waals surface area contributed by atoms with E-state index in [2.05, 4.69) is 47.4 Å². The van der Waals surface area contributed by atoms with Crippen molar-refractivity contribution in [3.8, 4) is 0 Å². The van der Waals surface area contributed by atoms with Gasteiger partial charge in [-0.15, -0.1) is 0 Å². The molecule has 0 aliphatic rings. The summed E-state index contributed by atoms with van der Waals surface area (Å²) in [5.74, 6) is 0.855. The molecule has 0 unspecified atom stereocenters. The molecule has 0 saturated carbocycles. The molecule has 1 heterocycles. The van der Waals surface area contributed by atoms with Crippen LogP contribution in [0.3, 0.4) is 0 Å². The molecule has 0 atom stereocenters. The predicted molar refractivity (Wildman–Crippen MR) is 94.5 cm³/mol. The number of hydrogen-bond donors (Lipinski definition) is 1. The van der Waals surface area contributed by atoms with Crippen LogP contribution in [-0.4, -0.2) is 11.5 Å². The van der Waals surface area contributed by atoms with Gasteiger partial charge >= 0.3 is 0 Å². The Bertz CT molecular complexity index is 734. The molecule has 0 saturated heterocycles. The molecule has 0 bridgehead atoms. The molecule has 0 spiro atoms. The topological polar surface area (TPSA) is 52.0 Å². The Morgan fingerprint density at radius 1 is 0.826 bits per heavy atom. The van der Waals surface area contributed by atoms with Crippen LogP contribution in [0.5, 0.6) is 0 Å². The Labute approximate surface area is 137 Å². The average molecular weight is 308 g/mol. The number of benzene rings is 2. The summed E-state index contributed by atoms with van der Waals surface area (Å²) in [4.78, 5) is 4.63. The highest BCUT2D eigenvalue weighted by Gasteiger charge is 2.09. The summed E-state index contributed by atoms with van der Waals surface area (Å²) in [6, 6.07) is 16.8. The van der Waals surface area contributed by atoms with E-state index in [1.807, 2.05) is 6.07 Å². The van der Waals surface area contributed by atoms with E-state index in [9.17, 15) is 0 Å². The zero-order valence-electron chi connectivity index (χ0n) is 13.5. The van der Waals surface area contributed by atoms with E-state index in [0.29, 0.717) is 6.54 Å². The Hall–Kier alpha value is -2.13. The summed E-state index contributed by atoms with van der Waals surface area (Å²) in [7, 11) is 0. The summed E-state index contributed by atoms with van der Waals surface area (Å²) in [6.07, 6.45) is 6.20. The first kappa shape index (κ1) is 15.8. The van der Waals surface area contributed by atoms with Gasteiger partial charge in [0.2, 0.25) is 0 Å². The quantitative estimate of drug-likeness (QED) is 0.632. The molecule has 120 valence electrons. The third-order valence-electron chi connectivity index (χ3n) is 4.14. The Balaban J connectivity index is 1.58. The molecule has 0 radical (unpaired) electrons. The molecule has 2 aromatic carbocycles. The van der Waals surface area contributed by atoms with Gasteiger partial charge in [0.1, 0.15) is 5.52 Å². The molecule has 3 heteroatoms. The van der Waals surface area contributed by atoms with Crippen molar-refractivity contribution in [3.63, 3.8) is 0 Å². The zero-order valence-corrected chi connectivity index (χ0v) is 13.5. The van der Waals surface area contributed by atoms with Gasteiger partial charge in [0.25, 0.3) is 0 Å². The van der Waals surface area contributed by atoms with Crippen molar-refractivity contribution >= 4 is 11.1 Å². The number of rotatable bonds is 8. The fourth-order valence-corrected chi connectivity index (χ4v) is 2.90. The highest BCUT2D eigenvalue weighted by atomic mass is 16.3. The number of oxazole rings is 1. The van der Waals surface area contributed by atoms with Crippen molar-refractivity contribution in [1.29, 1.82) is 0 Å². The number of hydrogen-bond acceptors (Lipinski definition) is 3. The van der Waals surface area contributed by atoms with E-state index in [4.69, 9.17) is 10.2 Å². The maximum atomic E-state index is 6.00. The lowest BCUT2D eigenvalue weighted by Gasteiger charge is -2.00. The molecule has 23 heavy (non-hydrogen) atoms. The molecule has 3 rings (SSSR count). The van der Waals surface area contributed by atoms with E-state index in [1.165, 1.54) is 11.1 Å². The molecule has 3 aromatic rings. The van der Waals surface area contributed by atoms with Crippen LogP contribution in [0.15, 0.2) is 52.9 Å². The van der Waals surface area contributed by atoms with Gasteiger partial charge < -0.3 is 10.2 Å². The number of aryl methyl sites for hydroxylation is 3. The van der Waals surface area contributed by atoms with E-state index >= 15 is 0 Å². The average Bonchev–Trinajstić information content (AvgIpc) is 3.01. The molecular weight excluding hydrogens is 284 g/mol. The van der Waals surface area contributed by atoms with Gasteiger partial charge in [-0.25, -0.2) is 4.98 Å². The zero-order chi connectivity index (χ0) is 15.9. The monoisotopic (exact) mass is 308 g/mol. The lowest BCUT2D eigenvalue weighted by Crippen LogP contribution is -2.00. The van der Waals surface area contributed by atoms with Crippen LogP contribution in [0.25, 0.3) is 11.1 Å². The SMILES string of the molecule is NCCCc1cccc2nc(CCCCc3ccccc3)oc12. The first-order valence-corrected chi connectivity index (χ1v) is 8.48. The van der Waals surface area contributed by atoms with Crippen molar-refractivity contribution in [3.05, 3.63) is 65.5 Å². The molecule has 1 aromatic heterocycles. The Morgan fingerprint density at radius 2 is 1.65 bits per heavy atom. The van der Waals surface area contributed by atoms with E-state index < -0.39 is 0 Å². The summed E-state index contributed by atoms with van der Waals surface area (Å²) >= 11 is 0. The molecular formula is C20H24N2O. The largest absolute Gasteiger partial charge is 0.440 e. The summed E-state index contributed by atoms with van der Waals surface area (Å²) in [5, 5.41) is 0. The number of fused-ring (bicyclic) bond motifs is 1. The molecule has 0 amide bonds. The van der Waals surface area contributed by atoms with Gasteiger partial charge in [0.05, 0.1) is 0 Å². The number of aromatic nitrogens is 1. The minimum Gasteiger partial charge on any atom is -0.440 e. The van der Waals surface area contributed by atoms with Gasteiger partial charge in [0, 0.05) is 6.42 Å². The molecule has 0 aliphatic carbocycles. The molecule has 3 nitrogen and oxygen atoms in total. The molecule has 0 fully saturated rings. The number of para-hydroxylation sites is 1. The van der Waals surface area contributed by atoms with E-state index in [-0.39, 0.29) is 0 Å². The van der Waals surface area contributed by atoms with Crippen LogP contribution in [-0.2, 0) is 19.3 Å². The molecule has 2 N–H and O–H groups in total. The standard InChI is InChI=1S/C20H24N2O/c21-15-7-12-17-11-6-13-18-20(17)23-19(22-18)14-5-4-10-16-8-2-1-3-9-16/h1-3,6,8-9,11,13H,4-5,7,10,12,14-15,21H2. The fourth-order valence-electron chi connectivity index (χ4n) is 2.90. The van der Waals surface area contributed by atoms with Gasteiger partial charge in [-0.2, -0.15) is 0 Å². The second-order valence-corrected chi connectivity index (χ2v) is 5.96. The number of unbranched alkanes of at least 4 members (excludes halogenated alkanes) is 1. The normalized spacial score (nSPS) is 11.2. The summed E-state index contributed by atoms with van der Waals surface area (Å²) < 4.78 is 6.00. The molecule has 0 aliphatic heterocycles. The van der Waals surface area contributed by atoms with Crippen LogP contribution < -0.4 is 5.73 Å². The number of nitrogens with zero attached hydrogens (tertiary/aromatic N) is 1. The number of nitrogens with two attached hydrogens (primary N) is 1. The van der Waals surface area contributed by atoms with Crippen LogP contribution in [0.4, 0.5) is 0 Å². The van der Waals surface area contributed by atoms with Crippen molar-refractivity contribution in [2.75, 3.05) is 6.54 Å². The lowest BCUT2D eigenvalue weighted by molar-refractivity contribution is 0.511. The van der Waals surface area contributed by atoms with Crippen molar-refractivity contribution in [2.24, 2.45) is 5.73 Å². The van der Waals surface area contributed by atoms with Crippen LogP contribution in [0, 0.1) is 0 Å². The second kappa shape index (κ2) is 7.93. The third kappa shape index (κ3) is 4.20. The Kier molecular flexibility index (Phi) is 5.43. The summed E-state index contributed by atoms with van der Waals surface area (Å²) in [6.45, 7) is 0.705. The highest BCUT2D eigenvalue weighted by Crippen LogP contribution is 2.22. The minimum absolute atomic E-state index is 0.705. The van der Waals surface area contributed by atoms with Crippen LogP contribution in [0.2, 0.25) is 0 Å². The lowest BCUT2D eigenvalue weighted by atomic mass is 10.1. The van der Waals surface area contributed by atoms with Crippen LogP contribution >= 0.6 is 0 Å². The minimum atomic E-state index is 0.705. The van der Waals surface area contributed by atoms with Gasteiger partial charge in [-0.1, -0.05) is 42.5 Å². The van der Waals surface area contributed by atoms with Crippen molar-refractivity contribution < 1.29 is 4.42 Å². The first-order valence-electron chi connectivity index (χ1n) is 8.48. The van der Waals surface area contributed by atoms with E-state index in [1.54, 1.807) is 0 Å². The maximum absolute atomic E-state index is 6.00. The predicted octanol–water partition coefficient (Wildman–Crippen LogP) is 4.28. The third-order valence-corrected chi connectivity index (χ3v) is 4.14. The van der Waals surface area contributed by atoms with Crippen molar-refractivity contribution in [1.82, 2.24) is 4.98 Å². The van der Waals surface area contributed by atoms with E-state index in [0.717, 1.165) is 55.5 Å². The fraction of sp³-hybridized carbons (Fsp3) is 0.350. The second-order valence-electron chi connectivity index (χ2n) is 5.96. The Morgan fingerprint density at radius 3 is 2.48 bits per heavy atom. The first-order chi connectivity index (χ1) is 11.4. The smallest absolute Gasteiger partial charge is 0.195 e. The van der Waals surface area contributed by atoms with Gasteiger partial charge in [-0.05, 0) is 55.8 Å². The van der Waals surface area contributed by atoms with Gasteiger partial charge in [0.15, 0.2) is 11.5 Å². The van der Waals surface area contributed by atoms with Crippen LogP contribution in [0.1, 0.15) is 36.3 Å². The maximum Gasteiger partial charge on any atom is 0.195 e. The highest BCUT2D eigenvalue weighted by molar-refractivity contribution is 5.76.